The van der Waals surface area contributed by atoms with Crippen LogP contribution in [0, 0.1) is 0 Å². The molecular formula is C19H26N2O5S. The lowest BCUT2D eigenvalue weighted by atomic mass is 10.1. The highest BCUT2D eigenvalue weighted by atomic mass is 32.1. The summed E-state index contributed by atoms with van der Waals surface area (Å²) in [6, 6.07) is 8.35. The van der Waals surface area contributed by atoms with E-state index in [1.54, 1.807) is 0 Å². The molecule has 0 bridgehead atoms. The number of nitrogens with one attached hydrogen (secondary N) is 1. The molecule has 0 radical (unpaired) electrons. The third kappa shape index (κ3) is 6.25. The Hall–Kier alpha value is -2.06. The first kappa shape index (κ1) is 21.2. The second-order valence-electron chi connectivity index (χ2n) is 6.72. The number of rotatable bonds is 8. The van der Waals surface area contributed by atoms with Crippen LogP contribution in [0.2, 0.25) is 0 Å². The highest BCUT2D eigenvalue weighted by Crippen LogP contribution is 2.21. The van der Waals surface area contributed by atoms with Crippen molar-refractivity contribution in [1.82, 2.24) is 10.2 Å². The van der Waals surface area contributed by atoms with Gasteiger partial charge in [-0.3, -0.25) is 14.4 Å². The molecule has 1 fully saturated rings. The van der Waals surface area contributed by atoms with Crippen molar-refractivity contribution >= 4 is 30.4 Å². The van der Waals surface area contributed by atoms with Gasteiger partial charge in [0, 0.05) is 12.6 Å². The Balaban J connectivity index is 2.04. The van der Waals surface area contributed by atoms with Crippen LogP contribution in [0.1, 0.15) is 31.2 Å². The number of amides is 2. The molecule has 0 saturated carbocycles. The van der Waals surface area contributed by atoms with E-state index in [4.69, 9.17) is 5.11 Å². The highest BCUT2D eigenvalue weighted by Gasteiger charge is 2.35. The Kier molecular flexibility index (Phi) is 8.12. The Morgan fingerprint density at radius 3 is 2.59 bits per heavy atom. The smallest absolute Gasteiger partial charge is 0.323 e. The fraction of sp³-hybridized carbons (Fsp3) is 0.526. The molecule has 7 nitrogen and oxygen atoms in total. The van der Waals surface area contributed by atoms with E-state index in [0.717, 1.165) is 5.56 Å². The number of carbonyl (C=O) groups is 3. The van der Waals surface area contributed by atoms with Crippen molar-refractivity contribution in [2.75, 3.05) is 13.2 Å². The molecule has 0 aromatic heterocycles. The molecule has 27 heavy (non-hydrogen) atoms. The average Bonchev–Trinajstić information content (AvgIpc) is 2.77. The molecule has 1 saturated heterocycles. The fourth-order valence-corrected chi connectivity index (χ4v) is 3.64. The van der Waals surface area contributed by atoms with Crippen LogP contribution >= 0.6 is 12.6 Å². The topological polar surface area (TPSA) is 107 Å². The van der Waals surface area contributed by atoms with Crippen molar-refractivity contribution in [3.05, 3.63) is 35.9 Å². The molecule has 3 atom stereocenters. The molecule has 8 heteroatoms. The van der Waals surface area contributed by atoms with Gasteiger partial charge in [0.05, 0.1) is 5.25 Å². The lowest BCUT2D eigenvalue weighted by Gasteiger charge is -2.30. The highest BCUT2D eigenvalue weighted by molar-refractivity contribution is 7.81. The molecule has 3 N–H and O–H groups in total. The SMILES string of the molecule is O=C(O)CN1C(=O)[C@@H](NC(=O)[C@@H](S)Cc2ccccc2)CCC[C@@H]1CCO. The van der Waals surface area contributed by atoms with Gasteiger partial charge >= 0.3 is 5.97 Å². The summed E-state index contributed by atoms with van der Waals surface area (Å²) in [6.45, 7) is -0.564. The van der Waals surface area contributed by atoms with Crippen LogP contribution < -0.4 is 5.32 Å². The third-order valence-electron chi connectivity index (χ3n) is 4.71. The van der Waals surface area contributed by atoms with E-state index < -0.39 is 29.7 Å². The van der Waals surface area contributed by atoms with Crippen LogP contribution in [-0.2, 0) is 20.8 Å². The standard InChI is InChI=1S/C19H26N2O5S/c22-10-9-14-7-4-8-15(19(26)21(14)12-17(23)24)20-18(25)16(27)11-13-5-2-1-3-6-13/h1-3,5-6,14-16,22,27H,4,7-12H2,(H,20,25)(H,23,24)/t14-,15+,16+/m1/s1. The normalized spacial score (nSPS) is 21.4. The van der Waals surface area contributed by atoms with Crippen molar-refractivity contribution < 1.29 is 24.6 Å². The van der Waals surface area contributed by atoms with Crippen molar-refractivity contribution in [2.45, 2.75) is 49.4 Å². The zero-order chi connectivity index (χ0) is 19.8. The van der Waals surface area contributed by atoms with E-state index in [1.165, 1.54) is 4.90 Å². The maximum Gasteiger partial charge on any atom is 0.323 e. The van der Waals surface area contributed by atoms with Gasteiger partial charge in [0.1, 0.15) is 12.6 Å². The largest absolute Gasteiger partial charge is 0.480 e. The van der Waals surface area contributed by atoms with Crippen molar-refractivity contribution in [1.29, 1.82) is 0 Å². The van der Waals surface area contributed by atoms with Crippen LogP contribution in [0.4, 0.5) is 0 Å². The molecule has 2 rings (SSSR count). The molecular weight excluding hydrogens is 368 g/mol. The number of carbonyl (C=O) groups excluding carboxylic acids is 2. The molecule has 1 aliphatic heterocycles. The Labute approximate surface area is 164 Å². The van der Waals surface area contributed by atoms with E-state index in [-0.39, 0.29) is 18.6 Å². The summed E-state index contributed by atoms with van der Waals surface area (Å²) in [5.74, 6) is -1.88. The van der Waals surface area contributed by atoms with Gasteiger partial charge in [-0.1, -0.05) is 30.3 Å². The minimum atomic E-state index is -1.12. The molecule has 1 aromatic rings. The molecule has 1 aliphatic rings. The van der Waals surface area contributed by atoms with Gasteiger partial charge in [-0.25, -0.2) is 0 Å². The summed E-state index contributed by atoms with van der Waals surface area (Å²) >= 11 is 4.36. The van der Waals surface area contributed by atoms with Crippen LogP contribution in [-0.4, -0.2) is 63.4 Å². The van der Waals surface area contributed by atoms with E-state index in [0.29, 0.717) is 32.1 Å². The van der Waals surface area contributed by atoms with Gasteiger partial charge in [0.2, 0.25) is 11.8 Å². The Morgan fingerprint density at radius 2 is 1.96 bits per heavy atom. The number of hydrogen-bond donors (Lipinski definition) is 4. The van der Waals surface area contributed by atoms with Gasteiger partial charge in [-0.15, -0.1) is 0 Å². The van der Waals surface area contributed by atoms with E-state index in [1.807, 2.05) is 30.3 Å². The summed E-state index contributed by atoms with van der Waals surface area (Å²) in [7, 11) is 0. The number of aliphatic hydroxyl groups excluding tert-OH is 1. The maximum atomic E-state index is 12.8. The molecule has 2 amide bonds. The second kappa shape index (κ2) is 10.3. The number of likely N-dealkylation sites (tertiary alicyclic amines) is 1. The molecule has 0 spiro atoms. The summed E-state index contributed by atoms with van der Waals surface area (Å²) in [5.41, 5.74) is 0.968. The lowest BCUT2D eigenvalue weighted by molar-refractivity contribution is -0.147. The van der Waals surface area contributed by atoms with Crippen molar-refractivity contribution in [2.24, 2.45) is 0 Å². The first-order valence-electron chi connectivity index (χ1n) is 9.08. The first-order chi connectivity index (χ1) is 12.9. The molecule has 0 unspecified atom stereocenters. The van der Waals surface area contributed by atoms with Crippen LogP contribution in [0.25, 0.3) is 0 Å². The number of thiol groups is 1. The van der Waals surface area contributed by atoms with E-state index >= 15 is 0 Å². The lowest BCUT2D eigenvalue weighted by Crippen LogP contribution is -2.53. The number of hydrogen-bond acceptors (Lipinski definition) is 5. The van der Waals surface area contributed by atoms with Gasteiger partial charge in [-0.05, 0) is 37.7 Å². The predicted molar refractivity (Wildman–Crippen MR) is 104 cm³/mol. The number of carboxylic acid groups (broad SMARTS) is 1. The van der Waals surface area contributed by atoms with Gasteiger partial charge in [0.15, 0.2) is 0 Å². The number of benzene rings is 1. The second-order valence-corrected chi connectivity index (χ2v) is 7.35. The van der Waals surface area contributed by atoms with Gasteiger partial charge in [-0.2, -0.15) is 12.6 Å². The minimum Gasteiger partial charge on any atom is -0.480 e. The molecule has 1 heterocycles. The Morgan fingerprint density at radius 1 is 1.26 bits per heavy atom. The monoisotopic (exact) mass is 394 g/mol. The van der Waals surface area contributed by atoms with Crippen LogP contribution in [0.5, 0.6) is 0 Å². The summed E-state index contributed by atoms with van der Waals surface area (Å²) in [4.78, 5) is 37.7. The molecule has 148 valence electrons. The maximum absolute atomic E-state index is 12.8. The van der Waals surface area contributed by atoms with Crippen LogP contribution in [0.15, 0.2) is 30.3 Å². The number of aliphatic carboxylic acids is 1. The van der Waals surface area contributed by atoms with E-state index in [9.17, 15) is 19.5 Å². The van der Waals surface area contributed by atoms with Crippen molar-refractivity contribution in [3.63, 3.8) is 0 Å². The number of aliphatic hydroxyl groups is 1. The van der Waals surface area contributed by atoms with Gasteiger partial charge < -0.3 is 20.4 Å². The van der Waals surface area contributed by atoms with Gasteiger partial charge in [0.25, 0.3) is 0 Å². The Bertz CT molecular complexity index is 655. The zero-order valence-corrected chi connectivity index (χ0v) is 16.0. The third-order valence-corrected chi connectivity index (χ3v) is 5.13. The molecule has 1 aromatic carbocycles. The minimum absolute atomic E-state index is 0.124. The summed E-state index contributed by atoms with van der Waals surface area (Å²) < 4.78 is 0. The first-order valence-corrected chi connectivity index (χ1v) is 9.59. The summed E-state index contributed by atoms with van der Waals surface area (Å²) in [6.07, 6.45) is 2.45. The van der Waals surface area contributed by atoms with E-state index in [2.05, 4.69) is 17.9 Å². The van der Waals surface area contributed by atoms with Crippen LogP contribution in [0.3, 0.4) is 0 Å². The predicted octanol–water partition coefficient (Wildman–Crippen LogP) is 0.860. The average molecular weight is 394 g/mol. The molecule has 0 aliphatic carbocycles. The fourth-order valence-electron chi connectivity index (χ4n) is 3.35. The number of nitrogens with zero attached hydrogens (tertiary/aromatic N) is 1. The quantitative estimate of drug-likeness (QED) is 0.489. The summed E-state index contributed by atoms with van der Waals surface area (Å²) in [5, 5.41) is 20.5. The zero-order valence-electron chi connectivity index (χ0n) is 15.1. The van der Waals surface area contributed by atoms with Crippen molar-refractivity contribution in [3.8, 4) is 0 Å². The number of carboxylic acids is 1.